The van der Waals surface area contributed by atoms with Gasteiger partial charge in [-0.25, -0.2) is 4.98 Å². The Bertz CT molecular complexity index is 549. The fourth-order valence-electron chi connectivity index (χ4n) is 2.61. The summed E-state index contributed by atoms with van der Waals surface area (Å²) in [7, 11) is 0. The van der Waals surface area contributed by atoms with Gasteiger partial charge in [0.05, 0.1) is 11.5 Å². The van der Waals surface area contributed by atoms with Crippen LogP contribution >= 0.6 is 0 Å². The van der Waals surface area contributed by atoms with Crippen LogP contribution in [0.3, 0.4) is 0 Å². The van der Waals surface area contributed by atoms with Gasteiger partial charge in [-0.05, 0) is 45.7 Å². The molecule has 1 aliphatic heterocycles. The van der Waals surface area contributed by atoms with E-state index < -0.39 is 11.7 Å². The van der Waals surface area contributed by atoms with E-state index in [1.807, 2.05) is 25.7 Å². The zero-order valence-corrected chi connectivity index (χ0v) is 13.6. The molecular weight excluding hydrogens is 307 g/mol. The van der Waals surface area contributed by atoms with E-state index in [-0.39, 0.29) is 17.4 Å². The van der Waals surface area contributed by atoms with Gasteiger partial charge < -0.3 is 10.2 Å². The molecule has 0 aromatic carbocycles. The van der Waals surface area contributed by atoms with E-state index in [2.05, 4.69) is 10.3 Å². The van der Waals surface area contributed by atoms with Crippen molar-refractivity contribution < 1.29 is 18.0 Å². The Morgan fingerprint density at radius 3 is 2.52 bits per heavy atom. The number of carbonyl (C=O) groups excluding carboxylic acids is 1. The summed E-state index contributed by atoms with van der Waals surface area (Å²) in [5.41, 5.74) is -1.06. The molecule has 1 fully saturated rings. The summed E-state index contributed by atoms with van der Waals surface area (Å²) in [6.07, 6.45) is -1.96. The van der Waals surface area contributed by atoms with Crippen molar-refractivity contribution >= 4 is 11.7 Å². The van der Waals surface area contributed by atoms with Gasteiger partial charge in [-0.2, -0.15) is 13.2 Å². The van der Waals surface area contributed by atoms with E-state index in [0.29, 0.717) is 18.9 Å². The molecule has 23 heavy (non-hydrogen) atoms. The second-order valence-electron chi connectivity index (χ2n) is 6.93. The van der Waals surface area contributed by atoms with Crippen molar-refractivity contribution in [2.75, 3.05) is 18.0 Å². The molecule has 128 valence electrons. The first-order chi connectivity index (χ1) is 10.6. The maximum absolute atomic E-state index is 12.6. The zero-order valence-electron chi connectivity index (χ0n) is 13.6. The van der Waals surface area contributed by atoms with Crippen LogP contribution in [-0.4, -0.2) is 29.5 Å². The van der Waals surface area contributed by atoms with Gasteiger partial charge in [-0.15, -0.1) is 0 Å². The van der Waals surface area contributed by atoms with E-state index in [4.69, 9.17) is 0 Å². The van der Waals surface area contributed by atoms with E-state index >= 15 is 0 Å². The molecule has 2 heterocycles. The highest BCUT2D eigenvalue weighted by molar-refractivity contribution is 5.80. The summed E-state index contributed by atoms with van der Waals surface area (Å²) in [6, 6.07) is 2.40. The third-order valence-electron chi connectivity index (χ3n) is 3.69. The number of carbonyl (C=O) groups is 1. The monoisotopic (exact) mass is 329 g/mol. The summed E-state index contributed by atoms with van der Waals surface area (Å²) in [5.74, 6) is 0.285. The number of hydrogen-bond acceptors (Lipinski definition) is 3. The van der Waals surface area contributed by atoms with Crippen LogP contribution in [0, 0.1) is 5.92 Å². The molecule has 0 bridgehead atoms. The molecule has 7 heteroatoms. The number of alkyl halides is 3. The lowest BCUT2D eigenvalue weighted by Crippen LogP contribution is -2.48. The maximum atomic E-state index is 12.6. The quantitative estimate of drug-likeness (QED) is 0.906. The molecule has 0 radical (unpaired) electrons. The van der Waals surface area contributed by atoms with Crippen molar-refractivity contribution in [3.63, 3.8) is 0 Å². The van der Waals surface area contributed by atoms with Gasteiger partial charge >= 0.3 is 6.18 Å². The summed E-state index contributed by atoms with van der Waals surface area (Å²) in [4.78, 5) is 18.1. The minimum absolute atomic E-state index is 0.0193. The van der Waals surface area contributed by atoms with Crippen molar-refractivity contribution in [2.45, 2.75) is 45.3 Å². The number of nitrogens with one attached hydrogen (secondary N) is 1. The van der Waals surface area contributed by atoms with Gasteiger partial charge in [0.25, 0.3) is 0 Å². The lowest BCUT2D eigenvalue weighted by atomic mass is 9.95. The summed E-state index contributed by atoms with van der Waals surface area (Å²) < 4.78 is 37.7. The van der Waals surface area contributed by atoms with Gasteiger partial charge in [0.1, 0.15) is 5.82 Å². The molecule has 1 aromatic rings. The first kappa shape index (κ1) is 17.6. The van der Waals surface area contributed by atoms with Crippen molar-refractivity contribution in [1.82, 2.24) is 10.3 Å². The molecule has 1 atom stereocenters. The van der Waals surface area contributed by atoms with Crippen molar-refractivity contribution in [1.29, 1.82) is 0 Å². The van der Waals surface area contributed by atoms with Crippen LogP contribution in [0.1, 0.15) is 39.2 Å². The van der Waals surface area contributed by atoms with Crippen LogP contribution in [0.25, 0.3) is 0 Å². The fraction of sp³-hybridized carbons (Fsp3) is 0.625. The average Bonchev–Trinajstić information content (AvgIpc) is 2.45. The van der Waals surface area contributed by atoms with Gasteiger partial charge in [0.2, 0.25) is 5.91 Å². The van der Waals surface area contributed by atoms with Gasteiger partial charge in [-0.1, -0.05) is 0 Å². The summed E-state index contributed by atoms with van der Waals surface area (Å²) in [5, 5.41) is 2.96. The Hall–Kier alpha value is -1.79. The van der Waals surface area contributed by atoms with Crippen molar-refractivity contribution in [2.24, 2.45) is 5.92 Å². The average molecular weight is 329 g/mol. The molecule has 0 aliphatic carbocycles. The standard InChI is InChI=1S/C16H22F3N3O/c1-15(2,3)21-14(23)11-5-4-8-22(10-11)13-7-6-12(9-20-13)16(17,18)19/h6-7,9,11H,4-5,8,10H2,1-3H3,(H,21,23). The number of hydrogen-bond donors (Lipinski definition) is 1. The van der Waals surface area contributed by atoms with Crippen LogP contribution in [0.15, 0.2) is 18.3 Å². The van der Waals surface area contributed by atoms with Crippen LogP contribution in [0.5, 0.6) is 0 Å². The molecule has 2 rings (SSSR count). The molecule has 1 unspecified atom stereocenters. The number of anilines is 1. The predicted octanol–water partition coefficient (Wildman–Crippen LogP) is 3.23. The summed E-state index contributed by atoms with van der Waals surface area (Å²) >= 11 is 0. The number of rotatable bonds is 2. The highest BCUT2D eigenvalue weighted by atomic mass is 19.4. The molecule has 4 nitrogen and oxygen atoms in total. The second-order valence-corrected chi connectivity index (χ2v) is 6.93. The predicted molar refractivity (Wildman–Crippen MR) is 82.1 cm³/mol. The first-order valence-corrected chi connectivity index (χ1v) is 7.66. The highest BCUT2D eigenvalue weighted by Crippen LogP contribution is 2.30. The maximum Gasteiger partial charge on any atom is 0.417 e. The zero-order chi connectivity index (χ0) is 17.3. The first-order valence-electron chi connectivity index (χ1n) is 7.66. The number of pyridine rings is 1. The Labute approximate surface area is 134 Å². The number of nitrogens with zero attached hydrogens (tertiary/aromatic N) is 2. The van der Waals surface area contributed by atoms with Gasteiger partial charge in [0.15, 0.2) is 0 Å². The van der Waals surface area contributed by atoms with Crippen LogP contribution < -0.4 is 10.2 Å². The van der Waals surface area contributed by atoms with Crippen LogP contribution in [0.4, 0.5) is 19.0 Å². The largest absolute Gasteiger partial charge is 0.417 e. The van der Waals surface area contributed by atoms with Crippen molar-refractivity contribution in [3.8, 4) is 0 Å². The third-order valence-corrected chi connectivity index (χ3v) is 3.69. The lowest BCUT2D eigenvalue weighted by Gasteiger charge is -2.34. The Kier molecular flexibility index (Phi) is 4.87. The van der Waals surface area contributed by atoms with E-state index in [0.717, 1.165) is 25.1 Å². The molecular formula is C16H22F3N3O. The van der Waals surface area contributed by atoms with Crippen LogP contribution in [-0.2, 0) is 11.0 Å². The Morgan fingerprint density at radius 2 is 2.00 bits per heavy atom. The Morgan fingerprint density at radius 1 is 1.30 bits per heavy atom. The number of aromatic nitrogens is 1. The molecule has 0 saturated carbocycles. The minimum atomic E-state index is -4.39. The molecule has 1 saturated heterocycles. The van der Waals surface area contributed by atoms with E-state index in [1.165, 1.54) is 6.07 Å². The van der Waals surface area contributed by atoms with Crippen molar-refractivity contribution in [3.05, 3.63) is 23.9 Å². The van der Waals surface area contributed by atoms with E-state index in [1.54, 1.807) is 0 Å². The normalized spacial score (nSPS) is 19.6. The highest BCUT2D eigenvalue weighted by Gasteiger charge is 2.32. The van der Waals surface area contributed by atoms with Crippen LogP contribution in [0.2, 0.25) is 0 Å². The molecule has 1 aliphatic rings. The van der Waals surface area contributed by atoms with Gasteiger partial charge in [0, 0.05) is 24.8 Å². The topological polar surface area (TPSA) is 45.2 Å². The minimum Gasteiger partial charge on any atom is -0.356 e. The third kappa shape index (κ3) is 4.84. The number of piperidine rings is 1. The smallest absolute Gasteiger partial charge is 0.356 e. The molecule has 1 N–H and O–H groups in total. The molecule has 0 spiro atoms. The Balaban J connectivity index is 2.05. The SMILES string of the molecule is CC(C)(C)NC(=O)C1CCCN(c2ccc(C(F)(F)F)cn2)C1. The van der Waals surface area contributed by atoms with E-state index in [9.17, 15) is 18.0 Å². The molecule has 1 aromatic heterocycles. The summed E-state index contributed by atoms with van der Waals surface area (Å²) in [6.45, 7) is 6.92. The fourth-order valence-corrected chi connectivity index (χ4v) is 2.61. The lowest BCUT2D eigenvalue weighted by molar-refractivity contribution is -0.137. The second kappa shape index (κ2) is 6.37. The number of halogens is 3. The molecule has 1 amide bonds. The number of amides is 1. The van der Waals surface area contributed by atoms with Gasteiger partial charge in [-0.3, -0.25) is 4.79 Å².